The summed E-state index contributed by atoms with van der Waals surface area (Å²) in [5.74, 6) is 1.73. The smallest absolute Gasteiger partial charge is 0.286 e. The van der Waals surface area contributed by atoms with E-state index in [9.17, 15) is 4.79 Å². The van der Waals surface area contributed by atoms with E-state index in [-0.39, 0.29) is 5.56 Å². The van der Waals surface area contributed by atoms with Crippen molar-refractivity contribution in [3.8, 4) is 39.9 Å². The SMILES string of the molecule is O=c1c2nc3ccc(-c4nc(-c5ccccc5)nc(-c5ccccc5)n4)cc3n2c2ccccc2n1-c1ccccc1. The lowest BCUT2D eigenvalue weighted by molar-refractivity contribution is 1.02. The molecule has 0 aliphatic rings. The van der Waals surface area contributed by atoms with Crippen LogP contribution < -0.4 is 5.56 Å². The molecule has 0 spiro atoms. The zero-order chi connectivity index (χ0) is 28.0. The van der Waals surface area contributed by atoms with Crippen LogP contribution in [0.5, 0.6) is 0 Å². The van der Waals surface area contributed by atoms with Crippen molar-refractivity contribution in [2.45, 2.75) is 0 Å². The zero-order valence-electron chi connectivity index (χ0n) is 22.3. The lowest BCUT2D eigenvalue weighted by atomic mass is 10.1. The van der Waals surface area contributed by atoms with E-state index >= 15 is 0 Å². The molecule has 0 fully saturated rings. The van der Waals surface area contributed by atoms with Crippen LogP contribution in [0.3, 0.4) is 0 Å². The van der Waals surface area contributed by atoms with Gasteiger partial charge in [0.1, 0.15) is 0 Å². The van der Waals surface area contributed by atoms with Gasteiger partial charge in [0, 0.05) is 22.4 Å². The van der Waals surface area contributed by atoms with Crippen LogP contribution in [0.4, 0.5) is 0 Å². The van der Waals surface area contributed by atoms with Crippen LogP contribution in [0.25, 0.3) is 67.6 Å². The first kappa shape index (κ1) is 23.9. The minimum absolute atomic E-state index is 0.185. The first-order valence-corrected chi connectivity index (χ1v) is 13.6. The number of fused-ring (bicyclic) bond motifs is 5. The quantitative estimate of drug-likeness (QED) is 0.240. The monoisotopic (exact) mass is 542 g/mol. The summed E-state index contributed by atoms with van der Waals surface area (Å²) in [6.07, 6.45) is 0. The standard InChI is InChI=1S/C35H22N6O/c42-35-34-36-27-21-20-25(22-30(27)41(34)29-19-11-10-18-28(29)40(35)26-16-8-3-9-17-26)33-38-31(23-12-4-1-5-13-23)37-32(39-33)24-14-6-2-7-15-24/h1-22H. The van der Waals surface area contributed by atoms with Crippen molar-refractivity contribution in [1.29, 1.82) is 0 Å². The van der Waals surface area contributed by atoms with Gasteiger partial charge in [0.15, 0.2) is 17.5 Å². The van der Waals surface area contributed by atoms with Crippen LogP contribution >= 0.6 is 0 Å². The fourth-order valence-electron chi connectivity index (χ4n) is 5.42. The Morgan fingerprint density at radius 3 is 1.60 bits per heavy atom. The lowest BCUT2D eigenvalue weighted by Gasteiger charge is -2.12. The van der Waals surface area contributed by atoms with Gasteiger partial charge in [-0.15, -0.1) is 0 Å². The van der Waals surface area contributed by atoms with Crippen LogP contribution in [0.15, 0.2) is 138 Å². The molecule has 0 amide bonds. The molecule has 5 aromatic carbocycles. The van der Waals surface area contributed by atoms with Gasteiger partial charge in [0.25, 0.3) is 5.56 Å². The molecule has 8 rings (SSSR count). The third kappa shape index (κ3) is 3.87. The van der Waals surface area contributed by atoms with Crippen LogP contribution in [-0.2, 0) is 0 Å². The first-order valence-electron chi connectivity index (χ1n) is 13.6. The topological polar surface area (TPSA) is 78.0 Å². The second-order valence-corrected chi connectivity index (χ2v) is 9.98. The molecule has 8 aromatic rings. The summed E-state index contributed by atoms with van der Waals surface area (Å²) < 4.78 is 3.66. The van der Waals surface area contributed by atoms with Crippen molar-refractivity contribution in [3.63, 3.8) is 0 Å². The molecule has 3 heterocycles. The van der Waals surface area contributed by atoms with Crippen LogP contribution in [0.2, 0.25) is 0 Å². The maximum absolute atomic E-state index is 13.9. The Morgan fingerprint density at radius 1 is 0.452 bits per heavy atom. The number of aromatic nitrogens is 6. The predicted molar refractivity (Wildman–Crippen MR) is 165 cm³/mol. The van der Waals surface area contributed by atoms with E-state index in [0.29, 0.717) is 28.6 Å². The van der Waals surface area contributed by atoms with E-state index in [1.807, 2.05) is 138 Å². The molecule has 0 saturated heterocycles. The molecule has 42 heavy (non-hydrogen) atoms. The molecule has 0 atom stereocenters. The van der Waals surface area contributed by atoms with Crippen molar-refractivity contribution in [2.24, 2.45) is 0 Å². The third-order valence-corrected chi connectivity index (χ3v) is 7.38. The van der Waals surface area contributed by atoms with Gasteiger partial charge in [-0.3, -0.25) is 13.8 Å². The normalized spacial score (nSPS) is 11.4. The third-order valence-electron chi connectivity index (χ3n) is 7.38. The molecule has 0 N–H and O–H groups in total. The van der Waals surface area contributed by atoms with Crippen molar-refractivity contribution < 1.29 is 0 Å². The second kappa shape index (κ2) is 9.60. The van der Waals surface area contributed by atoms with Gasteiger partial charge in [-0.2, -0.15) is 0 Å². The molecular weight excluding hydrogens is 520 g/mol. The van der Waals surface area contributed by atoms with Crippen molar-refractivity contribution in [2.75, 3.05) is 0 Å². The van der Waals surface area contributed by atoms with Crippen LogP contribution in [-0.4, -0.2) is 28.9 Å². The Bertz CT molecular complexity index is 2250. The fraction of sp³-hybridized carbons (Fsp3) is 0. The predicted octanol–water partition coefficient (Wildman–Crippen LogP) is 6.98. The van der Waals surface area contributed by atoms with E-state index in [1.165, 1.54) is 0 Å². The zero-order valence-corrected chi connectivity index (χ0v) is 22.3. The lowest BCUT2D eigenvalue weighted by Crippen LogP contribution is -2.21. The Labute approximate surface area is 240 Å². The molecule has 0 saturated carbocycles. The molecule has 7 nitrogen and oxygen atoms in total. The van der Waals surface area contributed by atoms with E-state index < -0.39 is 0 Å². The average Bonchev–Trinajstić information content (AvgIpc) is 3.46. The Balaban J connectivity index is 1.39. The molecule has 3 aromatic heterocycles. The molecule has 0 bridgehead atoms. The molecule has 0 aliphatic carbocycles. The van der Waals surface area contributed by atoms with Gasteiger partial charge in [-0.1, -0.05) is 91.0 Å². The van der Waals surface area contributed by atoms with Crippen molar-refractivity contribution in [1.82, 2.24) is 28.9 Å². The number of nitrogens with zero attached hydrogens (tertiary/aromatic N) is 6. The average molecular weight is 543 g/mol. The summed E-state index contributed by atoms with van der Waals surface area (Å²) in [4.78, 5) is 33.3. The van der Waals surface area contributed by atoms with Gasteiger partial charge < -0.3 is 0 Å². The Hall–Kier alpha value is -5.95. The van der Waals surface area contributed by atoms with E-state index in [2.05, 4.69) is 0 Å². The van der Waals surface area contributed by atoms with E-state index in [1.54, 1.807) is 4.57 Å². The molecule has 198 valence electrons. The number of imidazole rings is 1. The van der Waals surface area contributed by atoms with Crippen LogP contribution in [0.1, 0.15) is 0 Å². The maximum atomic E-state index is 13.9. The molecular formula is C35H22N6O. The van der Waals surface area contributed by atoms with Crippen LogP contribution in [0, 0.1) is 0 Å². The number of hydrogen-bond acceptors (Lipinski definition) is 5. The van der Waals surface area contributed by atoms with Gasteiger partial charge >= 0.3 is 0 Å². The van der Waals surface area contributed by atoms with Gasteiger partial charge in [0.05, 0.1) is 22.1 Å². The summed E-state index contributed by atoms with van der Waals surface area (Å²) in [5.41, 5.74) is 6.77. The fourth-order valence-corrected chi connectivity index (χ4v) is 5.42. The molecule has 0 radical (unpaired) electrons. The summed E-state index contributed by atoms with van der Waals surface area (Å²) in [6, 6.07) is 43.2. The summed E-state index contributed by atoms with van der Waals surface area (Å²) in [5, 5.41) is 0. The molecule has 7 heteroatoms. The maximum Gasteiger partial charge on any atom is 0.299 e. The highest BCUT2D eigenvalue weighted by atomic mass is 16.1. The molecule has 0 unspecified atom stereocenters. The van der Waals surface area contributed by atoms with Crippen molar-refractivity contribution >= 4 is 27.7 Å². The van der Waals surface area contributed by atoms with E-state index in [4.69, 9.17) is 19.9 Å². The minimum atomic E-state index is -0.185. The summed E-state index contributed by atoms with van der Waals surface area (Å²) in [6.45, 7) is 0. The first-order chi connectivity index (χ1) is 20.7. The highest BCUT2D eigenvalue weighted by Crippen LogP contribution is 2.29. The number of benzene rings is 5. The summed E-state index contributed by atoms with van der Waals surface area (Å²) >= 11 is 0. The number of para-hydroxylation sites is 3. The van der Waals surface area contributed by atoms with Gasteiger partial charge in [0.2, 0.25) is 5.65 Å². The number of rotatable bonds is 4. The largest absolute Gasteiger partial charge is 0.299 e. The van der Waals surface area contributed by atoms with E-state index in [0.717, 1.165) is 38.9 Å². The number of hydrogen-bond donors (Lipinski definition) is 0. The minimum Gasteiger partial charge on any atom is -0.286 e. The van der Waals surface area contributed by atoms with Gasteiger partial charge in [-0.25, -0.2) is 19.9 Å². The Kier molecular flexibility index (Phi) is 5.46. The Morgan fingerprint density at radius 2 is 0.976 bits per heavy atom. The van der Waals surface area contributed by atoms with Gasteiger partial charge in [-0.05, 0) is 42.5 Å². The second-order valence-electron chi connectivity index (χ2n) is 9.98. The highest BCUT2D eigenvalue weighted by Gasteiger charge is 2.18. The summed E-state index contributed by atoms with van der Waals surface area (Å²) in [7, 11) is 0. The molecule has 0 aliphatic heterocycles. The highest BCUT2D eigenvalue weighted by molar-refractivity contribution is 5.91. The van der Waals surface area contributed by atoms with Crippen molar-refractivity contribution in [3.05, 3.63) is 144 Å².